The van der Waals surface area contributed by atoms with E-state index in [1.54, 1.807) is 0 Å². The highest BCUT2D eigenvalue weighted by molar-refractivity contribution is 5.99. The van der Waals surface area contributed by atoms with Crippen molar-refractivity contribution >= 4 is 22.7 Å². The number of amides is 2. The van der Waals surface area contributed by atoms with Gasteiger partial charge in [-0.1, -0.05) is 18.2 Å². The first-order chi connectivity index (χ1) is 13.5. The molecule has 0 unspecified atom stereocenters. The van der Waals surface area contributed by atoms with Crippen LogP contribution in [0.1, 0.15) is 44.8 Å². The van der Waals surface area contributed by atoms with E-state index in [-0.39, 0.29) is 17.9 Å². The van der Waals surface area contributed by atoms with Crippen LogP contribution < -0.4 is 5.32 Å². The second-order valence-corrected chi connectivity index (χ2v) is 7.54. The van der Waals surface area contributed by atoms with Crippen LogP contribution in [0.5, 0.6) is 0 Å². The first-order valence-corrected chi connectivity index (χ1v) is 9.77. The van der Waals surface area contributed by atoms with Gasteiger partial charge in [-0.3, -0.25) is 9.59 Å². The lowest BCUT2D eigenvalue weighted by molar-refractivity contribution is 0.0698. The molecule has 0 radical (unpaired) electrons. The van der Waals surface area contributed by atoms with Crippen LogP contribution in [0, 0.1) is 13.8 Å². The first kappa shape index (κ1) is 18.3. The minimum Gasteiger partial charge on any atom is -0.358 e. The molecule has 0 aliphatic carbocycles. The molecule has 2 heterocycles. The van der Waals surface area contributed by atoms with Gasteiger partial charge in [-0.05, 0) is 62.6 Å². The Morgan fingerprint density at radius 3 is 2.43 bits per heavy atom. The number of likely N-dealkylation sites (tertiary alicyclic amines) is 1. The van der Waals surface area contributed by atoms with Crippen molar-refractivity contribution < 1.29 is 9.59 Å². The molecule has 1 saturated heterocycles. The topological polar surface area (TPSA) is 65.2 Å². The quantitative estimate of drug-likeness (QED) is 0.731. The van der Waals surface area contributed by atoms with Gasteiger partial charge in [-0.2, -0.15) is 0 Å². The number of rotatable bonds is 3. The lowest BCUT2D eigenvalue weighted by atomic mass is 10.0. The molecule has 3 aromatic rings. The van der Waals surface area contributed by atoms with Crippen molar-refractivity contribution in [2.75, 3.05) is 13.1 Å². The number of nitrogens with zero attached hydrogens (tertiary/aromatic N) is 1. The summed E-state index contributed by atoms with van der Waals surface area (Å²) in [6.07, 6.45) is 1.55. The Morgan fingerprint density at radius 1 is 1.00 bits per heavy atom. The van der Waals surface area contributed by atoms with Crippen LogP contribution >= 0.6 is 0 Å². The van der Waals surface area contributed by atoms with Gasteiger partial charge in [0.25, 0.3) is 11.8 Å². The van der Waals surface area contributed by atoms with Crippen LogP contribution in [0.15, 0.2) is 48.5 Å². The van der Waals surface area contributed by atoms with Crippen LogP contribution in [-0.4, -0.2) is 40.8 Å². The third-order valence-electron chi connectivity index (χ3n) is 5.71. The number of aromatic nitrogens is 1. The number of carbonyl (C=O) groups is 2. The molecular weight excluding hydrogens is 350 g/mol. The lowest BCUT2D eigenvalue weighted by Gasteiger charge is -2.32. The maximum atomic E-state index is 12.9. The third-order valence-corrected chi connectivity index (χ3v) is 5.71. The Kier molecular flexibility index (Phi) is 4.90. The van der Waals surface area contributed by atoms with Gasteiger partial charge in [0.2, 0.25) is 0 Å². The maximum absolute atomic E-state index is 12.9. The highest BCUT2D eigenvalue weighted by Crippen LogP contribution is 2.24. The van der Waals surface area contributed by atoms with E-state index in [9.17, 15) is 9.59 Å². The van der Waals surface area contributed by atoms with E-state index in [1.807, 2.05) is 60.4 Å². The summed E-state index contributed by atoms with van der Waals surface area (Å²) in [6.45, 7) is 5.43. The van der Waals surface area contributed by atoms with Crippen molar-refractivity contribution in [2.45, 2.75) is 32.7 Å². The summed E-state index contributed by atoms with van der Waals surface area (Å²) >= 11 is 0. The van der Waals surface area contributed by atoms with Crippen molar-refractivity contribution in [3.8, 4) is 0 Å². The first-order valence-electron chi connectivity index (χ1n) is 9.77. The number of benzene rings is 2. The minimum absolute atomic E-state index is 0.0471. The average Bonchev–Trinajstić information content (AvgIpc) is 3.02. The molecule has 0 spiro atoms. The second-order valence-electron chi connectivity index (χ2n) is 7.54. The highest BCUT2D eigenvalue weighted by atomic mass is 16.2. The monoisotopic (exact) mass is 375 g/mol. The average molecular weight is 375 g/mol. The summed E-state index contributed by atoms with van der Waals surface area (Å²) in [7, 11) is 0. The molecule has 1 aliphatic rings. The van der Waals surface area contributed by atoms with Gasteiger partial charge < -0.3 is 15.2 Å². The van der Waals surface area contributed by atoms with Gasteiger partial charge in [0, 0.05) is 46.9 Å². The zero-order valence-electron chi connectivity index (χ0n) is 16.3. The van der Waals surface area contributed by atoms with Crippen molar-refractivity contribution in [3.63, 3.8) is 0 Å². The van der Waals surface area contributed by atoms with E-state index < -0.39 is 0 Å². The molecule has 2 N–H and O–H groups in total. The fourth-order valence-electron chi connectivity index (χ4n) is 3.86. The summed E-state index contributed by atoms with van der Waals surface area (Å²) < 4.78 is 0. The predicted octanol–water partition coefficient (Wildman–Crippen LogP) is 3.82. The van der Waals surface area contributed by atoms with E-state index >= 15 is 0 Å². The van der Waals surface area contributed by atoms with Crippen molar-refractivity contribution in [2.24, 2.45) is 0 Å². The number of aromatic amines is 1. The van der Waals surface area contributed by atoms with Gasteiger partial charge in [0.15, 0.2) is 0 Å². The Balaban J connectivity index is 1.39. The van der Waals surface area contributed by atoms with E-state index in [1.165, 1.54) is 5.56 Å². The zero-order valence-corrected chi connectivity index (χ0v) is 16.3. The molecule has 0 bridgehead atoms. The number of nitrogens with one attached hydrogen (secondary N) is 2. The third kappa shape index (κ3) is 3.52. The van der Waals surface area contributed by atoms with Gasteiger partial charge in [-0.15, -0.1) is 0 Å². The summed E-state index contributed by atoms with van der Waals surface area (Å²) in [5.74, 6) is 0.0159. The Labute approximate surface area is 164 Å². The van der Waals surface area contributed by atoms with Crippen LogP contribution in [0.3, 0.4) is 0 Å². The molecule has 5 nitrogen and oxygen atoms in total. The summed E-state index contributed by atoms with van der Waals surface area (Å²) in [6, 6.07) is 15.2. The number of fused-ring (bicyclic) bond motifs is 1. The second kappa shape index (κ2) is 7.50. The number of H-pyrrole nitrogens is 1. The van der Waals surface area contributed by atoms with E-state index in [2.05, 4.69) is 17.2 Å². The van der Waals surface area contributed by atoms with Gasteiger partial charge >= 0.3 is 0 Å². The van der Waals surface area contributed by atoms with Crippen LogP contribution in [0.25, 0.3) is 10.9 Å². The fourth-order valence-corrected chi connectivity index (χ4v) is 3.86. The highest BCUT2D eigenvalue weighted by Gasteiger charge is 2.25. The molecule has 2 amide bonds. The molecule has 1 aliphatic heterocycles. The van der Waals surface area contributed by atoms with E-state index in [0.29, 0.717) is 18.7 Å². The molecule has 144 valence electrons. The fraction of sp³-hybridized carbons (Fsp3) is 0.304. The van der Waals surface area contributed by atoms with Gasteiger partial charge in [0.1, 0.15) is 0 Å². The summed E-state index contributed by atoms with van der Waals surface area (Å²) in [5, 5.41) is 4.19. The number of carbonyl (C=O) groups excluding carboxylic acids is 2. The molecule has 4 rings (SSSR count). The van der Waals surface area contributed by atoms with E-state index in [4.69, 9.17) is 0 Å². The van der Waals surface area contributed by atoms with Crippen LogP contribution in [-0.2, 0) is 0 Å². The van der Waals surface area contributed by atoms with E-state index in [0.717, 1.165) is 35.0 Å². The minimum atomic E-state index is -0.0471. The Hall–Kier alpha value is -3.08. The smallest absolute Gasteiger partial charge is 0.253 e. The number of hydrogen-bond donors (Lipinski definition) is 2. The van der Waals surface area contributed by atoms with Crippen molar-refractivity contribution in [1.29, 1.82) is 0 Å². The predicted molar refractivity (Wildman–Crippen MR) is 111 cm³/mol. The number of aryl methyl sites for hydroxylation is 2. The molecule has 5 heteroatoms. The Bertz CT molecular complexity index is 1020. The SMILES string of the molecule is Cc1[nH]c2ccc(C(=O)N3CCC(NC(=O)c4ccccc4)CC3)cc2c1C. The lowest BCUT2D eigenvalue weighted by Crippen LogP contribution is -2.46. The van der Waals surface area contributed by atoms with Crippen LogP contribution in [0.4, 0.5) is 0 Å². The standard InChI is InChI=1S/C23H25N3O2/c1-15-16(2)24-21-9-8-18(14-20(15)21)23(28)26-12-10-19(11-13-26)25-22(27)17-6-4-3-5-7-17/h3-9,14,19,24H,10-13H2,1-2H3,(H,25,27). The van der Waals surface area contributed by atoms with Gasteiger partial charge in [0.05, 0.1) is 0 Å². The van der Waals surface area contributed by atoms with Crippen molar-refractivity contribution in [1.82, 2.24) is 15.2 Å². The normalized spacial score (nSPS) is 15.0. The number of piperidine rings is 1. The summed E-state index contributed by atoms with van der Waals surface area (Å²) in [5.41, 5.74) is 4.78. The molecule has 2 aromatic carbocycles. The van der Waals surface area contributed by atoms with Crippen LogP contribution in [0.2, 0.25) is 0 Å². The summed E-state index contributed by atoms with van der Waals surface area (Å²) in [4.78, 5) is 30.5. The molecule has 0 saturated carbocycles. The molecule has 1 aromatic heterocycles. The van der Waals surface area contributed by atoms with Gasteiger partial charge in [-0.25, -0.2) is 0 Å². The molecule has 28 heavy (non-hydrogen) atoms. The zero-order chi connectivity index (χ0) is 19.7. The largest absolute Gasteiger partial charge is 0.358 e. The maximum Gasteiger partial charge on any atom is 0.253 e. The van der Waals surface area contributed by atoms with Crippen molar-refractivity contribution in [3.05, 3.63) is 70.9 Å². The Morgan fingerprint density at radius 2 is 1.71 bits per heavy atom. The molecule has 1 fully saturated rings. The number of hydrogen-bond acceptors (Lipinski definition) is 2. The molecular formula is C23H25N3O2. The molecule has 0 atom stereocenters.